The van der Waals surface area contributed by atoms with Gasteiger partial charge >= 0.3 is 0 Å². The van der Waals surface area contributed by atoms with E-state index in [4.69, 9.17) is 9.47 Å². The van der Waals surface area contributed by atoms with E-state index in [0.29, 0.717) is 12.8 Å². The number of hydrogen-bond donors (Lipinski definition) is 1. The van der Waals surface area contributed by atoms with Crippen LogP contribution in [-0.2, 0) is 11.2 Å². The summed E-state index contributed by atoms with van der Waals surface area (Å²) in [5.74, 6) is 1.69. The lowest BCUT2D eigenvalue weighted by molar-refractivity contribution is -0.121. The highest BCUT2D eigenvalue weighted by molar-refractivity contribution is 5.76. The van der Waals surface area contributed by atoms with Crippen molar-refractivity contribution < 1.29 is 14.3 Å². The number of benzene rings is 2. The first-order valence-corrected chi connectivity index (χ1v) is 8.22. The van der Waals surface area contributed by atoms with E-state index in [9.17, 15) is 4.79 Å². The van der Waals surface area contributed by atoms with Crippen LogP contribution in [0.2, 0.25) is 0 Å². The Bertz CT molecular complexity index is 652. The van der Waals surface area contributed by atoms with Crippen molar-refractivity contribution in [3.63, 3.8) is 0 Å². The van der Waals surface area contributed by atoms with E-state index in [1.807, 2.05) is 48.5 Å². The lowest BCUT2D eigenvalue weighted by atomic mass is 10.0. The lowest BCUT2D eigenvalue weighted by Crippen LogP contribution is -2.28. The summed E-state index contributed by atoms with van der Waals surface area (Å²) in [5, 5.41) is 3.11. The number of carbonyl (C=O) groups excluding carboxylic acids is 1. The van der Waals surface area contributed by atoms with Crippen LogP contribution < -0.4 is 14.8 Å². The molecule has 2 rings (SSSR count). The predicted molar refractivity (Wildman–Crippen MR) is 95.5 cm³/mol. The Labute approximate surface area is 143 Å². The topological polar surface area (TPSA) is 47.6 Å². The van der Waals surface area contributed by atoms with E-state index in [1.54, 1.807) is 14.2 Å². The molecule has 0 aliphatic heterocycles. The van der Waals surface area contributed by atoms with Gasteiger partial charge in [0.05, 0.1) is 20.3 Å². The summed E-state index contributed by atoms with van der Waals surface area (Å²) in [6.07, 6.45) is 2.00. The Hall–Kier alpha value is -2.49. The minimum atomic E-state index is 0.0220. The van der Waals surface area contributed by atoms with Gasteiger partial charge in [0.1, 0.15) is 11.5 Å². The first-order valence-electron chi connectivity index (χ1n) is 8.22. The first kappa shape index (κ1) is 17.9. The molecule has 0 saturated heterocycles. The van der Waals surface area contributed by atoms with Crippen LogP contribution in [0.1, 0.15) is 36.9 Å². The number of rotatable bonds is 8. The molecule has 0 radical (unpaired) electrons. The summed E-state index contributed by atoms with van der Waals surface area (Å²) in [6.45, 7) is 2.07. The molecule has 4 heteroatoms. The van der Waals surface area contributed by atoms with Crippen molar-refractivity contribution in [2.24, 2.45) is 0 Å². The van der Waals surface area contributed by atoms with E-state index < -0.39 is 0 Å². The highest BCUT2D eigenvalue weighted by atomic mass is 16.5. The number of hydrogen-bond acceptors (Lipinski definition) is 3. The highest BCUT2D eigenvalue weighted by Crippen LogP contribution is 2.20. The third-order valence-corrected chi connectivity index (χ3v) is 4.04. The van der Waals surface area contributed by atoms with Crippen LogP contribution in [0.15, 0.2) is 48.5 Å². The maximum atomic E-state index is 12.3. The van der Waals surface area contributed by atoms with Gasteiger partial charge in [0, 0.05) is 6.42 Å². The number of nitrogens with one attached hydrogen (secondary N) is 1. The fourth-order valence-electron chi connectivity index (χ4n) is 2.61. The van der Waals surface area contributed by atoms with Crippen molar-refractivity contribution >= 4 is 5.91 Å². The number of methoxy groups -OCH3 is 2. The SMILES string of the molecule is CCC(NC(=O)CCc1cccc(OC)c1)c1ccc(OC)cc1. The molecule has 0 aliphatic rings. The van der Waals surface area contributed by atoms with Crippen LogP contribution in [0.3, 0.4) is 0 Å². The van der Waals surface area contributed by atoms with Gasteiger partial charge in [0.25, 0.3) is 0 Å². The third-order valence-electron chi connectivity index (χ3n) is 4.04. The van der Waals surface area contributed by atoms with Crippen molar-refractivity contribution in [2.45, 2.75) is 32.2 Å². The average Bonchev–Trinajstić information content (AvgIpc) is 2.64. The zero-order valence-electron chi connectivity index (χ0n) is 14.5. The predicted octanol–water partition coefficient (Wildman–Crippen LogP) is 3.90. The molecule has 1 N–H and O–H groups in total. The minimum Gasteiger partial charge on any atom is -0.497 e. The molecule has 0 fully saturated rings. The molecule has 0 aromatic heterocycles. The Balaban J connectivity index is 1.91. The van der Waals surface area contributed by atoms with Gasteiger partial charge in [-0.15, -0.1) is 0 Å². The monoisotopic (exact) mass is 327 g/mol. The van der Waals surface area contributed by atoms with Gasteiger partial charge < -0.3 is 14.8 Å². The zero-order chi connectivity index (χ0) is 17.4. The molecule has 24 heavy (non-hydrogen) atoms. The van der Waals surface area contributed by atoms with Crippen LogP contribution in [0.5, 0.6) is 11.5 Å². The van der Waals surface area contributed by atoms with Gasteiger partial charge in [0.2, 0.25) is 5.91 Å². The summed E-state index contributed by atoms with van der Waals surface area (Å²) in [7, 11) is 3.29. The molecule has 0 aliphatic carbocycles. The van der Waals surface area contributed by atoms with Gasteiger partial charge in [-0.2, -0.15) is 0 Å². The summed E-state index contributed by atoms with van der Waals surface area (Å²) >= 11 is 0. The fraction of sp³-hybridized carbons (Fsp3) is 0.350. The van der Waals surface area contributed by atoms with E-state index in [1.165, 1.54) is 0 Å². The van der Waals surface area contributed by atoms with Crippen LogP contribution in [0.4, 0.5) is 0 Å². The molecule has 4 nitrogen and oxygen atoms in total. The molecule has 1 amide bonds. The second-order valence-electron chi connectivity index (χ2n) is 5.65. The largest absolute Gasteiger partial charge is 0.497 e. The molecule has 2 aromatic rings. The molecule has 1 unspecified atom stereocenters. The number of ether oxygens (including phenoxy) is 2. The minimum absolute atomic E-state index is 0.0220. The molecular weight excluding hydrogens is 302 g/mol. The summed E-state index contributed by atoms with van der Waals surface area (Å²) in [5.41, 5.74) is 2.19. The number of carbonyl (C=O) groups is 1. The second-order valence-corrected chi connectivity index (χ2v) is 5.65. The maximum absolute atomic E-state index is 12.3. The Kier molecular flexibility index (Phi) is 6.67. The van der Waals surface area contributed by atoms with Crippen molar-refractivity contribution in [1.82, 2.24) is 5.32 Å². The Morgan fingerprint density at radius 2 is 1.75 bits per heavy atom. The molecular formula is C20H25NO3. The Morgan fingerprint density at radius 1 is 1.04 bits per heavy atom. The van der Waals surface area contributed by atoms with E-state index in [-0.39, 0.29) is 11.9 Å². The Morgan fingerprint density at radius 3 is 2.38 bits per heavy atom. The van der Waals surface area contributed by atoms with Gasteiger partial charge in [0.15, 0.2) is 0 Å². The van der Waals surface area contributed by atoms with Crippen LogP contribution in [-0.4, -0.2) is 20.1 Å². The molecule has 2 aromatic carbocycles. The van der Waals surface area contributed by atoms with Crippen molar-refractivity contribution in [3.8, 4) is 11.5 Å². The van der Waals surface area contributed by atoms with Gasteiger partial charge in [-0.25, -0.2) is 0 Å². The molecule has 0 bridgehead atoms. The highest BCUT2D eigenvalue weighted by Gasteiger charge is 2.13. The first-order chi connectivity index (χ1) is 11.7. The summed E-state index contributed by atoms with van der Waals surface area (Å²) < 4.78 is 10.4. The standard InChI is InChI=1S/C20H25NO3/c1-4-19(16-9-11-17(23-2)12-10-16)21-20(22)13-8-15-6-5-7-18(14-15)24-3/h5-7,9-12,14,19H,4,8,13H2,1-3H3,(H,21,22). The smallest absolute Gasteiger partial charge is 0.220 e. The quantitative estimate of drug-likeness (QED) is 0.800. The second kappa shape index (κ2) is 8.96. The summed E-state index contributed by atoms with van der Waals surface area (Å²) in [6, 6.07) is 15.7. The summed E-state index contributed by atoms with van der Waals surface area (Å²) in [4.78, 5) is 12.3. The number of amides is 1. The van der Waals surface area contributed by atoms with Gasteiger partial charge in [-0.05, 0) is 48.2 Å². The van der Waals surface area contributed by atoms with E-state index in [0.717, 1.165) is 29.0 Å². The maximum Gasteiger partial charge on any atom is 0.220 e. The van der Waals surface area contributed by atoms with E-state index >= 15 is 0 Å². The zero-order valence-corrected chi connectivity index (χ0v) is 14.5. The molecule has 128 valence electrons. The number of aryl methyl sites for hydroxylation is 1. The van der Waals surface area contributed by atoms with Gasteiger partial charge in [-0.3, -0.25) is 4.79 Å². The van der Waals surface area contributed by atoms with Crippen molar-refractivity contribution in [3.05, 3.63) is 59.7 Å². The van der Waals surface area contributed by atoms with E-state index in [2.05, 4.69) is 12.2 Å². The van der Waals surface area contributed by atoms with Crippen LogP contribution >= 0.6 is 0 Å². The van der Waals surface area contributed by atoms with Crippen molar-refractivity contribution in [1.29, 1.82) is 0 Å². The molecule has 1 atom stereocenters. The molecule has 0 spiro atoms. The van der Waals surface area contributed by atoms with Crippen LogP contribution in [0, 0.1) is 0 Å². The average molecular weight is 327 g/mol. The van der Waals surface area contributed by atoms with Gasteiger partial charge in [-0.1, -0.05) is 31.2 Å². The molecule has 0 saturated carbocycles. The van der Waals surface area contributed by atoms with Crippen LogP contribution in [0.25, 0.3) is 0 Å². The fourth-order valence-corrected chi connectivity index (χ4v) is 2.61. The van der Waals surface area contributed by atoms with Crippen molar-refractivity contribution in [2.75, 3.05) is 14.2 Å². The lowest BCUT2D eigenvalue weighted by Gasteiger charge is -2.18. The third kappa shape index (κ3) is 5.01. The normalized spacial score (nSPS) is 11.6. The molecule has 0 heterocycles.